The molecular weight excluding hydrogens is 396 g/mol. The van der Waals surface area contributed by atoms with Gasteiger partial charge in [0, 0.05) is 29.6 Å². The van der Waals surface area contributed by atoms with E-state index >= 15 is 0 Å². The molecule has 0 radical (unpaired) electrons. The van der Waals surface area contributed by atoms with Crippen molar-refractivity contribution < 1.29 is 4.79 Å². The predicted octanol–water partition coefficient (Wildman–Crippen LogP) is 5.10. The molecule has 0 saturated heterocycles. The molecule has 4 nitrogen and oxygen atoms in total. The Morgan fingerprint density at radius 3 is 2.30 bits per heavy atom. The second-order valence-corrected chi connectivity index (χ2v) is 7.63. The van der Waals surface area contributed by atoms with Crippen LogP contribution in [0.1, 0.15) is 21.6 Å². The van der Waals surface area contributed by atoms with Gasteiger partial charge in [-0.1, -0.05) is 72.3 Å². The first-order valence-electron chi connectivity index (χ1n) is 9.68. The average molecular weight is 417 g/mol. The number of pyridine rings is 1. The molecule has 0 fully saturated rings. The Hall–Kier alpha value is -3.37. The molecule has 4 rings (SSSR count). The van der Waals surface area contributed by atoms with Crippen LogP contribution in [0.2, 0.25) is 5.02 Å². The molecule has 30 heavy (non-hydrogen) atoms. The van der Waals surface area contributed by atoms with Gasteiger partial charge in [0.2, 0.25) is 0 Å². The molecule has 1 aromatic heterocycles. The van der Waals surface area contributed by atoms with E-state index in [1.54, 1.807) is 19.2 Å². The maximum atomic E-state index is 13.3. The van der Waals surface area contributed by atoms with Crippen LogP contribution >= 0.6 is 11.6 Å². The van der Waals surface area contributed by atoms with Crippen molar-refractivity contribution in [2.24, 2.45) is 7.05 Å². The number of nitrogens with one attached hydrogen (secondary N) is 1. The van der Waals surface area contributed by atoms with Crippen LogP contribution < -0.4 is 10.9 Å². The zero-order chi connectivity index (χ0) is 21.3. The number of hydrogen-bond acceptors (Lipinski definition) is 2. The van der Waals surface area contributed by atoms with E-state index in [-0.39, 0.29) is 18.0 Å². The SMILES string of the molecule is Cc1ccccc1-c1c(C(=O)NCc2ccccc2Cl)n(C)c(=O)c2ccccc12. The van der Waals surface area contributed by atoms with E-state index in [4.69, 9.17) is 11.6 Å². The minimum atomic E-state index is -0.321. The summed E-state index contributed by atoms with van der Waals surface area (Å²) < 4.78 is 1.44. The molecule has 1 heterocycles. The molecule has 0 atom stereocenters. The minimum Gasteiger partial charge on any atom is -0.347 e. The van der Waals surface area contributed by atoms with Gasteiger partial charge in [0.25, 0.3) is 11.5 Å². The molecular formula is C25H21ClN2O2. The first kappa shape index (κ1) is 19.9. The fourth-order valence-corrected chi connectivity index (χ4v) is 3.96. The zero-order valence-electron chi connectivity index (χ0n) is 16.8. The van der Waals surface area contributed by atoms with E-state index in [0.29, 0.717) is 16.1 Å². The predicted molar refractivity (Wildman–Crippen MR) is 122 cm³/mol. The van der Waals surface area contributed by atoms with E-state index in [0.717, 1.165) is 27.6 Å². The highest BCUT2D eigenvalue weighted by molar-refractivity contribution is 6.31. The Bertz CT molecular complexity index is 1320. The van der Waals surface area contributed by atoms with Crippen LogP contribution in [0.15, 0.2) is 77.6 Å². The number of hydrogen-bond donors (Lipinski definition) is 1. The molecule has 0 aliphatic carbocycles. The second-order valence-electron chi connectivity index (χ2n) is 7.22. The van der Waals surface area contributed by atoms with Crippen LogP contribution in [0.25, 0.3) is 21.9 Å². The number of carbonyl (C=O) groups excluding carboxylic acids is 1. The van der Waals surface area contributed by atoms with Crippen molar-refractivity contribution in [3.8, 4) is 11.1 Å². The summed E-state index contributed by atoms with van der Waals surface area (Å²) in [6.07, 6.45) is 0. The summed E-state index contributed by atoms with van der Waals surface area (Å²) in [6.45, 7) is 2.27. The monoisotopic (exact) mass is 416 g/mol. The van der Waals surface area contributed by atoms with Crippen molar-refractivity contribution in [3.63, 3.8) is 0 Å². The molecule has 5 heteroatoms. The topological polar surface area (TPSA) is 51.1 Å². The maximum Gasteiger partial charge on any atom is 0.268 e. The van der Waals surface area contributed by atoms with E-state index in [1.807, 2.05) is 67.6 Å². The molecule has 150 valence electrons. The van der Waals surface area contributed by atoms with Gasteiger partial charge in [-0.25, -0.2) is 0 Å². The molecule has 0 spiro atoms. The lowest BCUT2D eigenvalue weighted by molar-refractivity contribution is 0.0942. The highest BCUT2D eigenvalue weighted by Gasteiger charge is 2.22. The van der Waals surface area contributed by atoms with Crippen molar-refractivity contribution in [1.29, 1.82) is 0 Å². The number of carbonyl (C=O) groups is 1. The van der Waals surface area contributed by atoms with Crippen LogP contribution in [-0.4, -0.2) is 10.5 Å². The second kappa shape index (κ2) is 8.17. The molecule has 0 aliphatic heterocycles. The van der Waals surface area contributed by atoms with Gasteiger partial charge in [-0.15, -0.1) is 0 Å². The van der Waals surface area contributed by atoms with Gasteiger partial charge in [-0.2, -0.15) is 0 Å². The largest absolute Gasteiger partial charge is 0.347 e. The number of nitrogens with zero attached hydrogens (tertiary/aromatic N) is 1. The van der Waals surface area contributed by atoms with Crippen molar-refractivity contribution in [2.45, 2.75) is 13.5 Å². The van der Waals surface area contributed by atoms with Crippen molar-refractivity contribution >= 4 is 28.3 Å². The Kier molecular flexibility index (Phi) is 5.42. The van der Waals surface area contributed by atoms with Crippen molar-refractivity contribution in [3.05, 3.63) is 105 Å². The highest BCUT2D eigenvalue weighted by atomic mass is 35.5. The lowest BCUT2D eigenvalue weighted by Crippen LogP contribution is -2.32. The Morgan fingerprint density at radius 2 is 1.57 bits per heavy atom. The molecule has 1 amide bonds. The lowest BCUT2D eigenvalue weighted by atomic mass is 9.93. The summed E-state index contributed by atoms with van der Waals surface area (Å²) in [5, 5.41) is 4.87. The fourth-order valence-electron chi connectivity index (χ4n) is 3.76. The number of amides is 1. The molecule has 0 unspecified atom stereocenters. The molecule has 4 aromatic rings. The van der Waals surface area contributed by atoms with E-state index < -0.39 is 0 Å². The highest BCUT2D eigenvalue weighted by Crippen LogP contribution is 2.32. The first-order chi connectivity index (χ1) is 14.5. The van der Waals surface area contributed by atoms with Gasteiger partial charge in [0.1, 0.15) is 5.69 Å². The number of aromatic nitrogens is 1. The summed E-state index contributed by atoms with van der Waals surface area (Å²) in [5.41, 5.74) is 3.65. The molecule has 0 bridgehead atoms. The van der Waals surface area contributed by atoms with Crippen LogP contribution in [-0.2, 0) is 13.6 Å². The van der Waals surface area contributed by atoms with Gasteiger partial charge < -0.3 is 9.88 Å². The molecule has 0 aliphatic rings. The van der Waals surface area contributed by atoms with Crippen LogP contribution in [0.3, 0.4) is 0 Å². The molecule has 0 saturated carbocycles. The van der Waals surface area contributed by atoms with Gasteiger partial charge in [-0.3, -0.25) is 9.59 Å². The Balaban J connectivity index is 1.90. The molecule has 3 aromatic carbocycles. The zero-order valence-corrected chi connectivity index (χ0v) is 17.5. The maximum absolute atomic E-state index is 13.3. The van der Waals surface area contributed by atoms with Crippen molar-refractivity contribution in [2.75, 3.05) is 0 Å². The minimum absolute atomic E-state index is 0.203. The summed E-state index contributed by atoms with van der Waals surface area (Å²) in [5.74, 6) is -0.321. The quantitative estimate of drug-likeness (QED) is 0.503. The van der Waals surface area contributed by atoms with Crippen LogP contribution in [0, 0.1) is 6.92 Å². The number of aryl methyl sites for hydroxylation is 1. The lowest BCUT2D eigenvalue weighted by Gasteiger charge is -2.18. The smallest absolute Gasteiger partial charge is 0.268 e. The Morgan fingerprint density at radius 1 is 0.933 bits per heavy atom. The summed E-state index contributed by atoms with van der Waals surface area (Å²) >= 11 is 6.23. The van der Waals surface area contributed by atoms with Gasteiger partial charge in [-0.05, 0) is 41.1 Å². The van der Waals surface area contributed by atoms with E-state index in [9.17, 15) is 9.59 Å². The first-order valence-corrected chi connectivity index (χ1v) is 10.1. The number of rotatable bonds is 4. The fraction of sp³-hybridized carbons (Fsp3) is 0.120. The number of fused-ring (bicyclic) bond motifs is 1. The third-order valence-electron chi connectivity index (χ3n) is 5.33. The summed E-state index contributed by atoms with van der Waals surface area (Å²) in [7, 11) is 1.64. The molecule has 1 N–H and O–H groups in total. The average Bonchev–Trinajstić information content (AvgIpc) is 2.76. The van der Waals surface area contributed by atoms with Gasteiger partial charge >= 0.3 is 0 Å². The normalized spacial score (nSPS) is 10.9. The third kappa shape index (κ3) is 3.51. The van der Waals surface area contributed by atoms with E-state index in [2.05, 4.69) is 5.32 Å². The van der Waals surface area contributed by atoms with Gasteiger partial charge in [0.05, 0.1) is 0 Å². The van der Waals surface area contributed by atoms with Crippen LogP contribution in [0.4, 0.5) is 0 Å². The Labute approximate surface area is 179 Å². The van der Waals surface area contributed by atoms with E-state index in [1.165, 1.54) is 4.57 Å². The van der Waals surface area contributed by atoms with Gasteiger partial charge in [0.15, 0.2) is 0 Å². The summed E-state index contributed by atoms with van der Waals surface area (Å²) in [6, 6.07) is 22.7. The number of halogens is 1. The van der Waals surface area contributed by atoms with Crippen LogP contribution in [0.5, 0.6) is 0 Å². The van der Waals surface area contributed by atoms with Crippen molar-refractivity contribution in [1.82, 2.24) is 9.88 Å². The standard InChI is InChI=1S/C25H21ClN2O2/c1-16-9-3-5-11-18(16)22-19-12-6-7-13-20(19)25(30)28(2)23(22)24(29)27-15-17-10-4-8-14-21(17)26/h3-14H,15H2,1-2H3,(H,27,29). The summed E-state index contributed by atoms with van der Waals surface area (Å²) in [4.78, 5) is 26.3. The number of benzene rings is 3. The third-order valence-corrected chi connectivity index (χ3v) is 5.70.